The van der Waals surface area contributed by atoms with Crippen molar-refractivity contribution in [2.45, 2.75) is 24.7 Å². The van der Waals surface area contributed by atoms with Gasteiger partial charge in [0.25, 0.3) is 0 Å². The molecule has 2 saturated heterocycles. The zero-order chi connectivity index (χ0) is 23.7. The van der Waals surface area contributed by atoms with Gasteiger partial charge in [-0.25, -0.2) is 9.78 Å². The molecule has 0 radical (unpaired) electrons. The van der Waals surface area contributed by atoms with Crippen LogP contribution in [0.25, 0.3) is 0 Å². The van der Waals surface area contributed by atoms with Gasteiger partial charge in [-0.05, 0) is 12.1 Å². The smallest absolute Gasteiger partial charge is 0.338 e. The number of likely N-dealkylation sites (tertiary alicyclic amines) is 1. The summed E-state index contributed by atoms with van der Waals surface area (Å²) in [5.74, 6) is -0.343. The molecule has 3 aliphatic rings. The fourth-order valence-electron chi connectivity index (χ4n) is 4.53. The van der Waals surface area contributed by atoms with Crippen LogP contribution in [0.5, 0.6) is 0 Å². The van der Waals surface area contributed by atoms with Gasteiger partial charge >= 0.3 is 5.97 Å². The van der Waals surface area contributed by atoms with Gasteiger partial charge in [0.1, 0.15) is 6.04 Å². The van der Waals surface area contributed by atoms with Gasteiger partial charge in [-0.1, -0.05) is 29.3 Å². The van der Waals surface area contributed by atoms with Crippen molar-refractivity contribution >= 4 is 46.3 Å². The van der Waals surface area contributed by atoms with Crippen molar-refractivity contribution in [3.63, 3.8) is 0 Å². The number of esters is 1. The molecule has 1 aromatic heterocycles. The summed E-state index contributed by atoms with van der Waals surface area (Å²) in [6.07, 6.45) is 3.26. The molecule has 180 valence electrons. The minimum atomic E-state index is -0.662. The summed E-state index contributed by atoms with van der Waals surface area (Å²) < 4.78 is 16.9. The van der Waals surface area contributed by atoms with Crippen molar-refractivity contribution in [1.82, 2.24) is 15.2 Å². The number of rotatable bonds is 5. The third kappa shape index (κ3) is 4.73. The predicted octanol–water partition coefficient (Wildman–Crippen LogP) is 3.81. The van der Waals surface area contributed by atoms with Crippen LogP contribution < -0.4 is 5.32 Å². The van der Waals surface area contributed by atoms with Crippen LogP contribution in [-0.2, 0) is 19.0 Å². The molecule has 1 atom stereocenters. The maximum absolute atomic E-state index is 13.0. The van der Waals surface area contributed by atoms with Crippen molar-refractivity contribution < 1.29 is 19.0 Å². The zero-order valence-electron chi connectivity index (χ0n) is 18.6. The van der Waals surface area contributed by atoms with Gasteiger partial charge in [-0.15, -0.1) is 11.3 Å². The Morgan fingerprint density at radius 1 is 1.29 bits per heavy atom. The number of aromatic nitrogens is 1. The van der Waals surface area contributed by atoms with Gasteiger partial charge in [-0.3, -0.25) is 9.89 Å². The van der Waals surface area contributed by atoms with E-state index in [1.165, 1.54) is 18.4 Å². The van der Waals surface area contributed by atoms with Crippen molar-refractivity contribution in [1.29, 1.82) is 0 Å². The van der Waals surface area contributed by atoms with E-state index in [9.17, 15) is 4.79 Å². The van der Waals surface area contributed by atoms with Gasteiger partial charge in [-0.2, -0.15) is 0 Å². The maximum atomic E-state index is 13.0. The molecule has 3 aliphatic heterocycles. The molecule has 34 heavy (non-hydrogen) atoms. The highest BCUT2D eigenvalue weighted by Gasteiger charge is 2.41. The van der Waals surface area contributed by atoms with Crippen LogP contribution in [0.1, 0.15) is 29.5 Å². The molecule has 0 aliphatic carbocycles. The lowest BCUT2D eigenvalue weighted by atomic mass is 9.94. The first kappa shape index (κ1) is 23.7. The maximum Gasteiger partial charge on any atom is 0.338 e. The summed E-state index contributed by atoms with van der Waals surface area (Å²) in [5.41, 5.74) is 1.80. The monoisotopic (exact) mass is 522 g/mol. The number of amidine groups is 1. The molecule has 1 unspecified atom stereocenters. The average Bonchev–Trinajstić information content (AvgIpc) is 3.53. The third-order valence-electron chi connectivity index (χ3n) is 6.24. The Kier molecular flexibility index (Phi) is 6.92. The molecule has 1 spiro atoms. The van der Waals surface area contributed by atoms with Gasteiger partial charge in [0.15, 0.2) is 16.6 Å². The number of nitrogens with zero attached hydrogens (tertiary/aromatic N) is 3. The number of benzene rings is 1. The van der Waals surface area contributed by atoms with E-state index in [1.54, 1.807) is 24.4 Å². The molecule has 2 aromatic rings. The number of thiazole rings is 1. The van der Waals surface area contributed by atoms with Crippen LogP contribution >= 0.6 is 34.5 Å². The number of carbonyl (C=O) groups excluding carboxylic acids is 1. The molecule has 1 aromatic carbocycles. The normalized spacial score (nSPS) is 22.6. The molecule has 8 nitrogen and oxygen atoms in total. The largest absolute Gasteiger partial charge is 0.466 e. The predicted molar refractivity (Wildman–Crippen MR) is 130 cm³/mol. The average molecular weight is 523 g/mol. The van der Waals surface area contributed by atoms with E-state index in [-0.39, 0.29) is 0 Å². The second-order valence-corrected chi connectivity index (χ2v) is 10.0. The lowest BCUT2D eigenvalue weighted by molar-refractivity contribution is -0.184. The molecule has 0 bridgehead atoms. The first-order chi connectivity index (χ1) is 16.5. The zero-order valence-corrected chi connectivity index (χ0v) is 20.9. The highest BCUT2D eigenvalue weighted by atomic mass is 35.5. The number of carbonyl (C=O) groups is 1. The van der Waals surface area contributed by atoms with Gasteiger partial charge in [0, 0.05) is 65.4 Å². The summed E-state index contributed by atoms with van der Waals surface area (Å²) >= 11 is 14.2. The second-order valence-electron chi connectivity index (χ2n) is 8.28. The molecule has 0 saturated carbocycles. The van der Waals surface area contributed by atoms with Crippen LogP contribution in [-0.4, -0.2) is 67.4 Å². The van der Waals surface area contributed by atoms with Crippen LogP contribution in [0.4, 0.5) is 0 Å². The summed E-state index contributed by atoms with van der Waals surface area (Å²) in [5, 5.41) is 6.91. The quantitative estimate of drug-likeness (QED) is 0.597. The van der Waals surface area contributed by atoms with Crippen molar-refractivity contribution in [2.24, 2.45) is 4.99 Å². The standard InChI is InChI=1S/C23H24Cl2N4O4S/c1-31-22(30)18-17(13-29-7-4-23(5-8-29)32-9-10-33-23)27-20(21-26-6-11-34-21)28-19(18)15-3-2-14(24)12-16(15)25/h2-3,6,11-12,19H,4-5,7-10,13H2,1H3,(H,27,28). The van der Waals surface area contributed by atoms with Crippen molar-refractivity contribution in [3.8, 4) is 0 Å². The Bertz CT molecular complexity index is 1120. The molecule has 5 rings (SSSR count). The Labute approximate surface area is 211 Å². The van der Waals surface area contributed by atoms with Crippen LogP contribution in [0.3, 0.4) is 0 Å². The van der Waals surface area contributed by atoms with Crippen molar-refractivity contribution in [3.05, 3.63) is 61.7 Å². The Balaban J connectivity index is 1.50. The van der Waals surface area contributed by atoms with Gasteiger partial charge < -0.3 is 19.5 Å². The molecule has 11 heteroatoms. The first-order valence-corrected chi connectivity index (χ1v) is 12.6. The van der Waals surface area contributed by atoms with E-state index in [2.05, 4.69) is 15.2 Å². The number of piperidine rings is 1. The Hall–Kier alpha value is -2.01. The lowest BCUT2D eigenvalue weighted by Gasteiger charge is -2.38. The van der Waals surface area contributed by atoms with Gasteiger partial charge in [0.05, 0.1) is 25.9 Å². The molecule has 0 amide bonds. The number of ether oxygens (including phenoxy) is 3. The lowest BCUT2D eigenvalue weighted by Crippen LogP contribution is -2.47. The van der Waals surface area contributed by atoms with E-state index in [0.717, 1.165) is 30.9 Å². The van der Waals surface area contributed by atoms with Crippen molar-refractivity contribution in [2.75, 3.05) is 40.0 Å². The van der Waals surface area contributed by atoms with Crippen LogP contribution in [0, 0.1) is 0 Å². The van der Waals surface area contributed by atoms with Crippen LogP contribution in [0.2, 0.25) is 10.0 Å². The number of aliphatic imine (C=N–C) groups is 1. The molecular formula is C23H24Cl2N4O4S. The van der Waals surface area contributed by atoms with E-state index in [1.807, 2.05) is 5.38 Å². The minimum Gasteiger partial charge on any atom is -0.466 e. The summed E-state index contributed by atoms with van der Waals surface area (Å²) in [6.45, 7) is 3.32. The Morgan fingerprint density at radius 3 is 2.71 bits per heavy atom. The highest BCUT2D eigenvalue weighted by molar-refractivity contribution is 7.11. The third-order valence-corrected chi connectivity index (χ3v) is 7.58. The SMILES string of the molecule is COC(=O)C1=C(CN2CCC3(CC2)OCCO3)NC(c2nccs2)=NC1c1ccc(Cl)cc1Cl. The van der Waals surface area contributed by atoms with E-state index >= 15 is 0 Å². The second kappa shape index (κ2) is 9.93. The summed E-state index contributed by atoms with van der Waals surface area (Å²) in [4.78, 5) is 24.6. The number of methoxy groups -OCH3 is 1. The minimum absolute atomic E-state index is 0.417. The number of halogens is 2. The highest BCUT2D eigenvalue weighted by Crippen LogP contribution is 2.38. The fraction of sp³-hybridized carbons (Fsp3) is 0.435. The Morgan fingerprint density at radius 2 is 2.06 bits per heavy atom. The summed E-state index contributed by atoms with van der Waals surface area (Å²) in [7, 11) is 1.37. The molecular weight excluding hydrogens is 499 g/mol. The van der Waals surface area contributed by atoms with Gasteiger partial charge in [0.2, 0.25) is 0 Å². The molecule has 4 heterocycles. The first-order valence-electron chi connectivity index (χ1n) is 11.0. The number of hydrogen-bond donors (Lipinski definition) is 1. The fourth-order valence-corrected chi connectivity index (χ4v) is 5.63. The van der Waals surface area contributed by atoms with E-state index in [4.69, 9.17) is 42.4 Å². The van der Waals surface area contributed by atoms with E-state index < -0.39 is 17.8 Å². The molecule has 1 N–H and O–H groups in total. The number of hydrogen-bond acceptors (Lipinski definition) is 9. The summed E-state index contributed by atoms with van der Waals surface area (Å²) in [6, 6.07) is 4.53. The van der Waals surface area contributed by atoms with E-state index in [0.29, 0.717) is 52.5 Å². The number of nitrogens with one attached hydrogen (secondary N) is 1. The topological polar surface area (TPSA) is 85.3 Å². The molecule has 2 fully saturated rings. The van der Waals surface area contributed by atoms with Crippen LogP contribution in [0.15, 0.2) is 46.0 Å².